The molecule has 2 bridgehead atoms. The molecule has 0 aromatic carbocycles. The third-order valence-corrected chi connectivity index (χ3v) is 6.06. The Morgan fingerprint density at radius 2 is 2.18 bits per heavy atom. The number of carbonyl (C=O) groups excluding carboxylic acids is 3. The maximum atomic E-state index is 12.9. The number of hydrogen-bond donors (Lipinski definition) is 1. The average molecular weight is 320 g/mol. The monoisotopic (exact) mass is 320 g/mol. The highest BCUT2D eigenvalue weighted by molar-refractivity contribution is 7.16. The van der Waals surface area contributed by atoms with Crippen LogP contribution in [0.15, 0.2) is 18.2 Å². The summed E-state index contributed by atoms with van der Waals surface area (Å²) in [5, 5.41) is 9.45. The van der Waals surface area contributed by atoms with Gasteiger partial charge >= 0.3 is 5.97 Å². The third-order valence-electron chi connectivity index (χ3n) is 4.93. The molecule has 1 N–H and O–H groups in total. The third kappa shape index (κ3) is 1.39. The van der Waals surface area contributed by atoms with Gasteiger partial charge in [0.15, 0.2) is 11.4 Å². The molecule has 0 radical (unpaired) electrons. The van der Waals surface area contributed by atoms with Gasteiger partial charge in [-0.25, -0.2) is 9.68 Å². The number of rotatable bonds is 2. The summed E-state index contributed by atoms with van der Waals surface area (Å²) >= 11 is 0.959. The SMILES string of the molecule is COC(=O)c1cc2c(s1)C(=O)C1C3C=CC(C3)C1(OO)C2=O. The van der Waals surface area contributed by atoms with Crippen LogP contribution in [0.4, 0.5) is 0 Å². The number of fused-ring (bicyclic) bond motifs is 6. The van der Waals surface area contributed by atoms with Gasteiger partial charge in [-0.2, -0.15) is 0 Å². The number of carbonyl (C=O) groups is 3. The Morgan fingerprint density at radius 1 is 1.41 bits per heavy atom. The van der Waals surface area contributed by atoms with Crippen molar-refractivity contribution < 1.29 is 29.3 Å². The lowest BCUT2D eigenvalue weighted by Gasteiger charge is -2.39. The molecule has 1 saturated carbocycles. The number of thiophene rings is 1. The summed E-state index contributed by atoms with van der Waals surface area (Å²) in [6, 6.07) is 1.36. The zero-order chi connectivity index (χ0) is 15.6. The Hall–Kier alpha value is -1.83. The summed E-state index contributed by atoms with van der Waals surface area (Å²) in [7, 11) is 1.24. The molecule has 4 rings (SSSR count). The summed E-state index contributed by atoms with van der Waals surface area (Å²) in [5.41, 5.74) is -1.40. The second-order valence-corrected chi connectivity index (χ2v) is 6.84. The van der Waals surface area contributed by atoms with Crippen LogP contribution in [0.5, 0.6) is 0 Å². The zero-order valence-electron chi connectivity index (χ0n) is 11.6. The summed E-state index contributed by atoms with van der Waals surface area (Å²) in [4.78, 5) is 42.4. The van der Waals surface area contributed by atoms with Crippen LogP contribution in [0.1, 0.15) is 36.1 Å². The molecule has 7 heteroatoms. The van der Waals surface area contributed by atoms with Gasteiger partial charge in [0.05, 0.1) is 17.9 Å². The zero-order valence-corrected chi connectivity index (χ0v) is 12.4. The number of esters is 1. The summed E-state index contributed by atoms with van der Waals surface area (Å²) in [6.07, 6.45) is 4.33. The van der Waals surface area contributed by atoms with Crippen molar-refractivity contribution >= 4 is 28.9 Å². The lowest BCUT2D eigenvalue weighted by molar-refractivity contribution is -0.318. The fourth-order valence-corrected chi connectivity index (χ4v) is 5.05. The Labute approximate surface area is 129 Å². The first-order valence-electron chi connectivity index (χ1n) is 6.86. The molecule has 0 amide bonds. The van der Waals surface area contributed by atoms with Crippen LogP contribution in [0.2, 0.25) is 0 Å². The molecule has 3 aliphatic carbocycles. The predicted octanol–water partition coefficient (Wildman–Crippen LogP) is 1.96. The highest BCUT2D eigenvalue weighted by Crippen LogP contribution is 2.57. The predicted molar refractivity (Wildman–Crippen MR) is 75.0 cm³/mol. The van der Waals surface area contributed by atoms with E-state index in [0.717, 1.165) is 11.3 Å². The molecule has 114 valence electrons. The van der Waals surface area contributed by atoms with E-state index in [1.807, 2.05) is 12.2 Å². The molecular formula is C15H12O6S. The molecular weight excluding hydrogens is 308 g/mol. The van der Waals surface area contributed by atoms with E-state index in [2.05, 4.69) is 9.62 Å². The van der Waals surface area contributed by atoms with E-state index in [9.17, 15) is 19.6 Å². The van der Waals surface area contributed by atoms with Crippen LogP contribution in [0, 0.1) is 17.8 Å². The second-order valence-electron chi connectivity index (χ2n) is 5.79. The fourth-order valence-electron chi connectivity index (χ4n) is 4.00. The molecule has 1 fully saturated rings. The lowest BCUT2D eigenvalue weighted by atomic mass is 9.68. The van der Waals surface area contributed by atoms with Gasteiger partial charge in [0.2, 0.25) is 5.78 Å². The minimum absolute atomic E-state index is 0.120. The Balaban J connectivity index is 1.90. The smallest absolute Gasteiger partial charge is 0.348 e. The molecule has 1 aromatic heterocycles. The first-order valence-corrected chi connectivity index (χ1v) is 7.68. The van der Waals surface area contributed by atoms with Gasteiger partial charge in [-0.15, -0.1) is 11.3 Å². The summed E-state index contributed by atoms with van der Waals surface area (Å²) in [5.74, 6) is -2.44. The van der Waals surface area contributed by atoms with Gasteiger partial charge in [-0.05, 0) is 18.4 Å². The van der Waals surface area contributed by atoms with Crippen molar-refractivity contribution in [2.75, 3.05) is 7.11 Å². The van der Waals surface area contributed by atoms with Crippen LogP contribution in [0.3, 0.4) is 0 Å². The Bertz CT molecular complexity index is 747. The number of hydrogen-bond acceptors (Lipinski definition) is 7. The van der Waals surface area contributed by atoms with Gasteiger partial charge in [-0.1, -0.05) is 12.2 Å². The van der Waals surface area contributed by atoms with Gasteiger partial charge in [-0.3, -0.25) is 14.8 Å². The molecule has 1 aromatic rings. The Morgan fingerprint density at radius 3 is 2.86 bits per heavy atom. The van der Waals surface area contributed by atoms with Crippen LogP contribution in [0.25, 0.3) is 0 Å². The topological polar surface area (TPSA) is 89.9 Å². The van der Waals surface area contributed by atoms with Crippen molar-refractivity contribution in [1.29, 1.82) is 0 Å². The van der Waals surface area contributed by atoms with Crippen molar-refractivity contribution in [3.8, 4) is 0 Å². The molecule has 1 heterocycles. The number of allylic oxidation sites excluding steroid dienone is 1. The van der Waals surface area contributed by atoms with Crippen molar-refractivity contribution in [3.05, 3.63) is 33.5 Å². The van der Waals surface area contributed by atoms with Crippen molar-refractivity contribution in [2.45, 2.75) is 12.0 Å². The van der Waals surface area contributed by atoms with Gasteiger partial charge < -0.3 is 4.74 Å². The van der Waals surface area contributed by atoms with Crippen molar-refractivity contribution in [2.24, 2.45) is 17.8 Å². The fraction of sp³-hybridized carbons (Fsp3) is 0.400. The van der Waals surface area contributed by atoms with E-state index in [1.54, 1.807) is 0 Å². The van der Waals surface area contributed by atoms with Crippen LogP contribution in [-0.2, 0) is 9.62 Å². The molecule has 0 aliphatic heterocycles. The largest absolute Gasteiger partial charge is 0.465 e. The number of methoxy groups -OCH3 is 1. The van der Waals surface area contributed by atoms with Crippen LogP contribution in [-0.4, -0.2) is 35.5 Å². The maximum Gasteiger partial charge on any atom is 0.348 e. The average Bonchev–Trinajstić information content (AvgIpc) is 3.23. The number of ether oxygens (including phenoxy) is 1. The van der Waals surface area contributed by atoms with Gasteiger partial charge in [0, 0.05) is 11.5 Å². The lowest BCUT2D eigenvalue weighted by Crippen LogP contribution is -2.56. The summed E-state index contributed by atoms with van der Waals surface area (Å²) < 4.78 is 4.64. The standard InChI is InChI=1S/C15H12O6S/c1-20-14(18)9-5-8-12(22-9)11(16)10-6-2-3-7(4-6)15(10,21-19)13(8)17/h2-3,5-7,10,19H,4H2,1H3. The van der Waals surface area contributed by atoms with E-state index < -0.39 is 23.3 Å². The minimum Gasteiger partial charge on any atom is -0.465 e. The quantitative estimate of drug-likeness (QED) is 0.388. The molecule has 22 heavy (non-hydrogen) atoms. The summed E-state index contributed by atoms with van der Waals surface area (Å²) in [6.45, 7) is 0. The molecule has 4 atom stereocenters. The second kappa shape index (κ2) is 4.34. The van der Waals surface area contributed by atoms with E-state index >= 15 is 0 Å². The minimum atomic E-state index is -1.54. The van der Waals surface area contributed by atoms with Crippen LogP contribution >= 0.6 is 11.3 Å². The molecule has 6 nitrogen and oxygen atoms in total. The highest BCUT2D eigenvalue weighted by atomic mass is 32.1. The first-order chi connectivity index (χ1) is 10.5. The molecule has 3 aliphatic rings. The highest BCUT2D eigenvalue weighted by Gasteiger charge is 2.68. The maximum absolute atomic E-state index is 12.9. The molecule has 0 saturated heterocycles. The van der Waals surface area contributed by atoms with Crippen molar-refractivity contribution in [3.63, 3.8) is 0 Å². The van der Waals surface area contributed by atoms with Gasteiger partial charge in [0.25, 0.3) is 0 Å². The van der Waals surface area contributed by atoms with Crippen LogP contribution < -0.4 is 0 Å². The van der Waals surface area contributed by atoms with Gasteiger partial charge in [0.1, 0.15) is 4.88 Å². The van der Waals surface area contributed by atoms with E-state index in [-0.39, 0.29) is 32.9 Å². The molecule has 0 spiro atoms. The first kappa shape index (κ1) is 13.8. The van der Waals surface area contributed by atoms with E-state index in [4.69, 9.17) is 0 Å². The molecule has 4 unspecified atom stereocenters. The number of ketones is 2. The number of Topliss-reactive ketones (excluding diaryl/α,β-unsaturated/α-hetero) is 2. The normalized spacial score (nSPS) is 34.7. The van der Waals surface area contributed by atoms with E-state index in [0.29, 0.717) is 6.42 Å². The van der Waals surface area contributed by atoms with E-state index in [1.165, 1.54) is 13.2 Å². The van der Waals surface area contributed by atoms with Crippen molar-refractivity contribution in [1.82, 2.24) is 0 Å². The Kier molecular flexibility index (Phi) is 2.73.